The number of ketones is 1. The SMILES string of the molecule is CC1(C)CC(=O)c2cnn(-c3cccc(F)c3)c2C1. The van der Waals surface area contributed by atoms with Crippen LogP contribution in [0.25, 0.3) is 5.69 Å². The van der Waals surface area contributed by atoms with Crippen LogP contribution in [0.4, 0.5) is 4.39 Å². The number of Topliss-reactive ketones (excluding diaryl/α,β-unsaturated/α-hetero) is 1. The van der Waals surface area contributed by atoms with E-state index >= 15 is 0 Å². The highest BCUT2D eigenvalue weighted by Gasteiger charge is 2.33. The van der Waals surface area contributed by atoms with Gasteiger partial charge in [0.15, 0.2) is 5.78 Å². The number of hydrogen-bond donors (Lipinski definition) is 0. The van der Waals surface area contributed by atoms with Crippen LogP contribution in [-0.2, 0) is 6.42 Å². The quantitative estimate of drug-likeness (QED) is 0.787. The van der Waals surface area contributed by atoms with Gasteiger partial charge >= 0.3 is 0 Å². The molecule has 1 aliphatic carbocycles. The largest absolute Gasteiger partial charge is 0.294 e. The highest BCUT2D eigenvalue weighted by molar-refractivity contribution is 5.98. The van der Waals surface area contributed by atoms with Crippen molar-refractivity contribution >= 4 is 5.78 Å². The van der Waals surface area contributed by atoms with Gasteiger partial charge in [0.05, 0.1) is 23.1 Å². The lowest BCUT2D eigenvalue weighted by Crippen LogP contribution is -2.27. The molecule has 0 amide bonds. The van der Waals surface area contributed by atoms with E-state index in [9.17, 15) is 9.18 Å². The van der Waals surface area contributed by atoms with Crippen LogP contribution in [0.15, 0.2) is 30.5 Å². The van der Waals surface area contributed by atoms with Crippen LogP contribution in [0.5, 0.6) is 0 Å². The maximum Gasteiger partial charge on any atom is 0.166 e. The molecule has 0 N–H and O–H groups in total. The van der Waals surface area contributed by atoms with Crippen molar-refractivity contribution < 1.29 is 9.18 Å². The maximum atomic E-state index is 13.3. The van der Waals surface area contributed by atoms with Crippen molar-refractivity contribution in [1.82, 2.24) is 9.78 Å². The molecule has 1 aliphatic rings. The fourth-order valence-corrected chi connectivity index (χ4v) is 2.65. The number of halogens is 1. The Morgan fingerprint density at radius 1 is 1.32 bits per heavy atom. The number of hydrogen-bond acceptors (Lipinski definition) is 2. The molecule has 19 heavy (non-hydrogen) atoms. The van der Waals surface area contributed by atoms with Gasteiger partial charge in [0, 0.05) is 6.42 Å². The number of carbonyl (C=O) groups excluding carboxylic acids is 1. The molecule has 0 bridgehead atoms. The van der Waals surface area contributed by atoms with Crippen molar-refractivity contribution in [2.45, 2.75) is 26.7 Å². The van der Waals surface area contributed by atoms with E-state index < -0.39 is 0 Å². The summed E-state index contributed by atoms with van der Waals surface area (Å²) >= 11 is 0. The Morgan fingerprint density at radius 2 is 2.11 bits per heavy atom. The predicted molar refractivity (Wildman–Crippen MR) is 70.0 cm³/mol. The smallest absolute Gasteiger partial charge is 0.166 e. The number of carbonyl (C=O) groups is 1. The van der Waals surface area contributed by atoms with Crippen LogP contribution in [0.1, 0.15) is 36.3 Å². The molecule has 0 unspecified atom stereocenters. The van der Waals surface area contributed by atoms with Crippen molar-refractivity contribution in [2.24, 2.45) is 5.41 Å². The third-order valence-electron chi connectivity index (χ3n) is 3.51. The number of benzene rings is 1. The second-order valence-corrected chi connectivity index (χ2v) is 5.84. The Kier molecular flexibility index (Phi) is 2.55. The Morgan fingerprint density at radius 3 is 2.84 bits per heavy atom. The Hall–Kier alpha value is -1.97. The summed E-state index contributed by atoms with van der Waals surface area (Å²) in [7, 11) is 0. The lowest BCUT2D eigenvalue weighted by atomic mass is 9.76. The minimum atomic E-state index is -0.303. The first-order valence-electron chi connectivity index (χ1n) is 6.32. The van der Waals surface area contributed by atoms with Gasteiger partial charge in [-0.1, -0.05) is 19.9 Å². The van der Waals surface area contributed by atoms with Crippen molar-refractivity contribution in [2.75, 3.05) is 0 Å². The average Bonchev–Trinajstić information content (AvgIpc) is 2.71. The van der Waals surface area contributed by atoms with Crippen LogP contribution < -0.4 is 0 Å². The van der Waals surface area contributed by atoms with Crippen LogP contribution in [0.2, 0.25) is 0 Å². The fraction of sp³-hybridized carbons (Fsp3) is 0.333. The second-order valence-electron chi connectivity index (χ2n) is 5.84. The van der Waals surface area contributed by atoms with Crippen molar-refractivity contribution in [1.29, 1.82) is 0 Å². The summed E-state index contributed by atoms with van der Waals surface area (Å²) in [5.74, 6) is -0.183. The number of nitrogens with zero attached hydrogens (tertiary/aromatic N) is 2. The predicted octanol–water partition coefficient (Wildman–Crippen LogP) is 3.17. The molecule has 0 fully saturated rings. The zero-order valence-electron chi connectivity index (χ0n) is 11.0. The summed E-state index contributed by atoms with van der Waals surface area (Å²) < 4.78 is 15.0. The van der Waals surface area contributed by atoms with Crippen molar-refractivity contribution in [3.8, 4) is 5.69 Å². The minimum Gasteiger partial charge on any atom is -0.294 e. The number of aromatic nitrogens is 2. The normalized spacial score (nSPS) is 17.3. The van der Waals surface area contributed by atoms with E-state index in [1.807, 2.05) is 0 Å². The maximum absolute atomic E-state index is 13.3. The van der Waals surface area contributed by atoms with Gasteiger partial charge in [-0.05, 0) is 30.0 Å². The first-order chi connectivity index (χ1) is 8.96. The molecule has 0 atom stereocenters. The molecule has 3 rings (SSSR count). The standard InChI is InChI=1S/C15H15FN2O/c1-15(2)7-13-12(14(19)8-15)9-17-18(13)11-5-3-4-10(16)6-11/h3-6,9H,7-8H2,1-2H3. The van der Waals surface area contributed by atoms with E-state index in [0.29, 0.717) is 17.7 Å². The lowest BCUT2D eigenvalue weighted by molar-refractivity contribution is 0.0911. The monoisotopic (exact) mass is 258 g/mol. The van der Waals surface area contributed by atoms with Gasteiger partial charge in [-0.2, -0.15) is 5.10 Å². The summed E-state index contributed by atoms with van der Waals surface area (Å²) in [6.07, 6.45) is 2.90. The zero-order chi connectivity index (χ0) is 13.6. The molecule has 1 aromatic heterocycles. The van der Waals surface area contributed by atoms with E-state index in [2.05, 4.69) is 18.9 Å². The molecule has 0 saturated heterocycles. The third kappa shape index (κ3) is 2.07. The fourth-order valence-electron chi connectivity index (χ4n) is 2.65. The lowest BCUT2D eigenvalue weighted by Gasteiger charge is -2.28. The van der Waals surface area contributed by atoms with Gasteiger partial charge in [-0.15, -0.1) is 0 Å². The molecule has 0 saturated carbocycles. The van der Waals surface area contributed by atoms with Gasteiger partial charge in [-0.25, -0.2) is 9.07 Å². The third-order valence-corrected chi connectivity index (χ3v) is 3.51. The van der Waals surface area contributed by atoms with Crippen LogP contribution in [-0.4, -0.2) is 15.6 Å². The zero-order valence-corrected chi connectivity index (χ0v) is 11.0. The molecular formula is C15H15FN2O. The molecule has 0 aliphatic heterocycles. The highest BCUT2D eigenvalue weighted by atomic mass is 19.1. The molecular weight excluding hydrogens is 243 g/mol. The van der Waals surface area contributed by atoms with E-state index in [-0.39, 0.29) is 17.0 Å². The van der Waals surface area contributed by atoms with Crippen LogP contribution in [0.3, 0.4) is 0 Å². The molecule has 0 spiro atoms. The van der Waals surface area contributed by atoms with E-state index in [0.717, 1.165) is 12.1 Å². The Labute approximate surface area is 111 Å². The van der Waals surface area contributed by atoms with Crippen molar-refractivity contribution in [3.63, 3.8) is 0 Å². The summed E-state index contributed by atoms with van der Waals surface area (Å²) in [5, 5.41) is 4.25. The molecule has 1 heterocycles. The van der Waals surface area contributed by atoms with E-state index in [4.69, 9.17) is 0 Å². The number of rotatable bonds is 1. The first kappa shape index (κ1) is 12.1. The van der Waals surface area contributed by atoms with Gasteiger partial charge in [0.25, 0.3) is 0 Å². The minimum absolute atomic E-state index is 0.0742. The van der Waals surface area contributed by atoms with Gasteiger partial charge in [0.2, 0.25) is 0 Å². The van der Waals surface area contributed by atoms with Crippen molar-refractivity contribution in [3.05, 3.63) is 47.5 Å². The number of fused-ring (bicyclic) bond motifs is 1. The second kappa shape index (κ2) is 4.02. The summed E-state index contributed by atoms with van der Waals surface area (Å²) in [6.45, 7) is 4.13. The molecule has 2 aromatic rings. The molecule has 1 aromatic carbocycles. The highest BCUT2D eigenvalue weighted by Crippen LogP contribution is 2.35. The summed E-state index contributed by atoms with van der Waals surface area (Å²) in [6, 6.07) is 6.27. The topological polar surface area (TPSA) is 34.9 Å². The van der Waals surface area contributed by atoms with E-state index in [1.54, 1.807) is 23.0 Å². The summed E-state index contributed by atoms with van der Waals surface area (Å²) in [5.41, 5.74) is 2.14. The van der Waals surface area contributed by atoms with Gasteiger partial charge in [-0.3, -0.25) is 4.79 Å². The van der Waals surface area contributed by atoms with E-state index in [1.165, 1.54) is 12.1 Å². The molecule has 0 radical (unpaired) electrons. The molecule has 4 heteroatoms. The average molecular weight is 258 g/mol. The van der Waals surface area contributed by atoms with Gasteiger partial charge in [0.1, 0.15) is 5.82 Å². The molecule has 3 nitrogen and oxygen atoms in total. The molecule has 98 valence electrons. The first-order valence-corrected chi connectivity index (χ1v) is 6.32. The van der Waals surface area contributed by atoms with Gasteiger partial charge < -0.3 is 0 Å². The summed E-state index contributed by atoms with van der Waals surface area (Å²) in [4.78, 5) is 12.1. The van der Waals surface area contributed by atoms with Crippen LogP contribution in [0, 0.1) is 11.2 Å². The van der Waals surface area contributed by atoms with Crippen LogP contribution >= 0.6 is 0 Å². The Balaban J connectivity index is 2.14. The Bertz CT molecular complexity index is 658.